The van der Waals surface area contributed by atoms with Crippen LogP contribution in [0.25, 0.3) is 0 Å². The molecule has 0 unspecified atom stereocenters. The molecule has 0 N–H and O–H groups in total. The third-order valence-corrected chi connectivity index (χ3v) is 4.10. The number of halogens is 2. The molecule has 19 heavy (non-hydrogen) atoms. The van der Waals surface area contributed by atoms with E-state index in [0.717, 1.165) is 16.6 Å². The van der Waals surface area contributed by atoms with Crippen LogP contribution in [0.2, 0.25) is 5.02 Å². The first kappa shape index (κ1) is 14.4. The number of rotatable bonds is 4. The largest absolute Gasteiger partial charge is 0.487 e. The van der Waals surface area contributed by atoms with Gasteiger partial charge in [-0.3, -0.25) is 0 Å². The Morgan fingerprint density at radius 1 is 1.05 bits per heavy atom. The summed E-state index contributed by atoms with van der Waals surface area (Å²) in [6.07, 6.45) is 0. The molecule has 0 aliphatic rings. The number of para-hydroxylation sites is 1. The van der Waals surface area contributed by atoms with Crippen LogP contribution in [0.4, 0.5) is 0 Å². The van der Waals surface area contributed by atoms with Gasteiger partial charge in [0.25, 0.3) is 0 Å². The molecule has 0 radical (unpaired) electrons. The molecule has 0 spiro atoms. The van der Waals surface area contributed by atoms with Crippen molar-refractivity contribution in [2.24, 2.45) is 0 Å². The van der Waals surface area contributed by atoms with Gasteiger partial charge in [-0.2, -0.15) is 0 Å². The number of aryl methyl sites for hydroxylation is 2. The lowest BCUT2D eigenvalue weighted by Gasteiger charge is -2.14. The molecule has 1 nitrogen and oxygen atoms in total. The Balaban J connectivity index is 2.24. The molecule has 0 fully saturated rings. The highest BCUT2D eigenvalue weighted by Gasteiger charge is 2.09. The normalized spacial score (nSPS) is 10.5. The van der Waals surface area contributed by atoms with Crippen LogP contribution >= 0.6 is 27.5 Å². The standard InChI is InChI=1S/C16H16BrClO/c1-11-5-3-6-12(2)14(11)10-19-16-13(9-17)7-4-8-15(16)18/h3-8H,9-10H2,1-2H3. The maximum absolute atomic E-state index is 6.21. The molecule has 3 heteroatoms. The Morgan fingerprint density at radius 2 is 1.68 bits per heavy atom. The van der Waals surface area contributed by atoms with E-state index >= 15 is 0 Å². The third kappa shape index (κ3) is 3.31. The van der Waals surface area contributed by atoms with E-state index in [0.29, 0.717) is 11.6 Å². The van der Waals surface area contributed by atoms with Crippen molar-refractivity contribution >= 4 is 27.5 Å². The van der Waals surface area contributed by atoms with Gasteiger partial charge in [0, 0.05) is 10.9 Å². The van der Waals surface area contributed by atoms with Crippen LogP contribution in [-0.2, 0) is 11.9 Å². The fourth-order valence-corrected chi connectivity index (χ4v) is 2.73. The minimum absolute atomic E-state index is 0.544. The highest BCUT2D eigenvalue weighted by Crippen LogP contribution is 2.31. The number of benzene rings is 2. The van der Waals surface area contributed by atoms with Crippen molar-refractivity contribution in [3.8, 4) is 5.75 Å². The number of alkyl halides is 1. The number of ether oxygens (including phenoxy) is 1. The molecule has 100 valence electrons. The second kappa shape index (κ2) is 6.44. The molecule has 0 heterocycles. The summed E-state index contributed by atoms with van der Waals surface area (Å²) in [7, 11) is 0. The van der Waals surface area contributed by atoms with Gasteiger partial charge in [-0.05, 0) is 36.6 Å². The molecule has 0 saturated carbocycles. The summed E-state index contributed by atoms with van der Waals surface area (Å²) >= 11 is 9.67. The van der Waals surface area contributed by atoms with Gasteiger partial charge in [0.2, 0.25) is 0 Å². The first-order valence-corrected chi connectivity index (χ1v) is 7.64. The molecule has 2 aromatic carbocycles. The van der Waals surface area contributed by atoms with Gasteiger partial charge in [0.1, 0.15) is 12.4 Å². The van der Waals surface area contributed by atoms with Crippen molar-refractivity contribution in [1.82, 2.24) is 0 Å². The van der Waals surface area contributed by atoms with Crippen molar-refractivity contribution < 1.29 is 4.74 Å². The van der Waals surface area contributed by atoms with Gasteiger partial charge >= 0.3 is 0 Å². The van der Waals surface area contributed by atoms with Crippen molar-refractivity contribution in [2.45, 2.75) is 25.8 Å². The fourth-order valence-electron chi connectivity index (χ4n) is 2.04. The van der Waals surface area contributed by atoms with E-state index in [1.807, 2.05) is 18.2 Å². The zero-order valence-corrected chi connectivity index (χ0v) is 13.4. The summed E-state index contributed by atoms with van der Waals surface area (Å²) in [5.41, 5.74) is 4.78. The zero-order valence-electron chi connectivity index (χ0n) is 11.0. The predicted octanol–water partition coefficient (Wildman–Crippen LogP) is 5.43. The molecule has 2 rings (SSSR count). The Kier molecular flexibility index (Phi) is 4.89. The Morgan fingerprint density at radius 3 is 2.32 bits per heavy atom. The van der Waals surface area contributed by atoms with Crippen LogP contribution in [0, 0.1) is 13.8 Å². The molecule has 0 aliphatic carbocycles. The molecular formula is C16H16BrClO. The molecule has 0 aliphatic heterocycles. The second-order valence-corrected chi connectivity index (χ2v) is 5.49. The molecule has 0 atom stereocenters. The van der Waals surface area contributed by atoms with Gasteiger partial charge in [0.05, 0.1) is 5.02 Å². The van der Waals surface area contributed by atoms with Gasteiger partial charge in [-0.25, -0.2) is 0 Å². The second-order valence-electron chi connectivity index (χ2n) is 4.52. The fraction of sp³-hybridized carbons (Fsp3) is 0.250. The van der Waals surface area contributed by atoms with E-state index in [9.17, 15) is 0 Å². The summed E-state index contributed by atoms with van der Waals surface area (Å²) in [6.45, 7) is 4.75. The quantitative estimate of drug-likeness (QED) is 0.675. The monoisotopic (exact) mass is 338 g/mol. The van der Waals surface area contributed by atoms with Crippen LogP contribution in [0.5, 0.6) is 5.75 Å². The summed E-state index contributed by atoms with van der Waals surface area (Å²) < 4.78 is 5.94. The number of hydrogen-bond donors (Lipinski definition) is 0. The number of hydrogen-bond acceptors (Lipinski definition) is 1. The van der Waals surface area contributed by atoms with Gasteiger partial charge in [0.15, 0.2) is 0 Å². The van der Waals surface area contributed by atoms with E-state index in [4.69, 9.17) is 16.3 Å². The Hall–Kier alpha value is -0.990. The van der Waals surface area contributed by atoms with Gasteiger partial charge < -0.3 is 4.74 Å². The SMILES string of the molecule is Cc1cccc(C)c1COc1c(Cl)cccc1CBr. The Bertz CT molecular complexity index is 561. The van der Waals surface area contributed by atoms with E-state index in [1.54, 1.807) is 0 Å². The lowest BCUT2D eigenvalue weighted by atomic mass is 10.0. The average Bonchev–Trinajstić information content (AvgIpc) is 2.39. The van der Waals surface area contributed by atoms with Crippen LogP contribution in [0.15, 0.2) is 36.4 Å². The van der Waals surface area contributed by atoms with E-state index < -0.39 is 0 Å². The van der Waals surface area contributed by atoms with Crippen LogP contribution < -0.4 is 4.74 Å². The third-order valence-electron chi connectivity index (χ3n) is 3.20. The van der Waals surface area contributed by atoms with Gasteiger partial charge in [-0.1, -0.05) is 57.9 Å². The topological polar surface area (TPSA) is 9.23 Å². The van der Waals surface area contributed by atoms with Crippen LogP contribution in [0.1, 0.15) is 22.3 Å². The predicted molar refractivity (Wildman–Crippen MR) is 84.3 cm³/mol. The summed E-state index contributed by atoms with van der Waals surface area (Å²) in [4.78, 5) is 0. The molecule has 0 bridgehead atoms. The molecule has 0 saturated heterocycles. The molecule has 0 amide bonds. The summed E-state index contributed by atoms with van der Waals surface area (Å²) in [5.74, 6) is 0.767. The lowest BCUT2D eigenvalue weighted by Crippen LogP contribution is -2.02. The molecule has 2 aromatic rings. The minimum Gasteiger partial charge on any atom is -0.487 e. The van der Waals surface area contributed by atoms with Crippen LogP contribution in [0.3, 0.4) is 0 Å². The maximum atomic E-state index is 6.21. The summed E-state index contributed by atoms with van der Waals surface area (Å²) in [6, 6.07) is 12.1. The summed E-state index contributed by atoms with van der Waals surface area (Å²) in [5, 5.41) is 1.39. The van der Waals surface area contributed by atoms with E-state index in [2.05, 4.69) is 48.0 Å². The highest BCUT2D eigenvalue weighted by molar-refractivity contribution is 9.08. The smallest absolute Gasteiger partial charge is 0.142 e. The first-order chi connectivity index (χ1) is 9.13. The minimum atomic E-state index is 0.544. The van der Waals surface area contributed by atoms with Crippen molar-refractivity contribution in [3.63, 3.8) is 0 Å². The van der Waals surface area contributed by atoms with Gasteiger partial charge in [-0.15, -0.1) is 0 Å². The van der Waals surface area contributed by atoms with E-state index in [-0.39, 0.29) is 0 Å². The molecule has 0 aromatic heterocycles. The first-order valence-electron chi connectivity index (χ1n) is 6.14. The molecular weight excluding hydrogens is 324 g/mol. The Labute approximate surface area is 127 Å². The van der Waals surface area contributed by atoms with E-state index in [1.165, 1.54) is 16.7 Å². The highest BCUT2D eigenvalue weighted by atomic mass is 79.9. The van der Waals surface area contributed by atoms with Crippen LogP contribution in [-0.4, -0.2) is 0 Å². The average molecular weight is 340 g/mol. The zero-order chi connectivity index (χ0) is 13.8. The van der Waals surface area contributed by atoms with Crippen molar-refractivity contribution in [1.29, 1.82) is 0 Å². The maximum Gasteiger partial charge on any atom is 0.142 e. The lowest BCUT2D eigenvalue weighted by molar-refractivity contribution is 0.302. The van der Waals surface area contributed by atoms with Crippen molar-refractivity contribution in [3.05, 3.63) is 63.7 Å². The van der Waals surface area contributed by atoms with Crippen molar-refractivity contribution in [2.75, 3.05) is 0 Å².